The van der Waals surface area contributed by atoms with Gasteiger partial charge >= 0.3 is 0 Å². The molecule has 4 nitrogen and oxygen atoms in total. The fourth-order valence-corrected chi connectivity index (χ4v) is 3.97. The molecule has 4 heteroatoms. The van der Waals surface area contributed by atoms with Crippen LogP contribution in [0.4, 0.5) is 5.69 Å². The molecule has 0 saturated carbocycles. The molecule has 0 spiro atoms. The molecule has 0 N–H and O–H groups in total. The van der Waals surface area contributed by atoms with Gasteiger partial charge in [0.15, 0.2) is 0 Å². The van der Waals surface area contributed by atoms with Gasteiger partial charge in [-0.05, 0) is 66.1 Å². The molecule has 0 bridgehead atoms. The molecule has 1 fully saturated rings. The lowest BCUT2D eigenvalue weighted by Gasteiger charge is -2.29. The number of nitrogens with zero attached hydrogens (tertiary/aromatic N) is 1. The van der Waals surface area contributed by atoms with Crippen LogP contribution < -0.4 is 9.64 Å². The van der Waals surface area contributed by atoms with Gasteiger partial charge in [0.05, 0.1) is 6.61 Å². The summed E-state index contributed by atoms with van der Waals surface area (Å²) in [6, 6.07) is 14.9. The number of hydrogen-bond donors (Lipinski definition) is 0. The Kier molecular flexibility index (Phi) is 9.44. The molecule has 0 unspecified atom stereocenters. The molecular formula is C27H37NO3. The van der Waals surface area contributed by atoms with Crippen LogP contribution in [0.1, 0.15) is 38.2 Å². The lowest BCUT2D eigenvalue weighted by molar-refractivity contribution is 0.0685. The van der Waals surface area contributed by atoms with E-state index in [1.54, 1.807) is 0 Å². The third-order valence-corrected chi connectivity index (χ3v) is 5.86. The van der Waals surface area contributed by atoms with Gasteiger partial charge in [0, 0.05) is 39.1 Å². The summed E-state index contributed by atoms with van der Waals surface area (Å²) in [6.45, 7) is 11.1. The van der Waals surface area contributed by atoms with E-state index in [0.29, 0.717) is 19.1 Å². The van der Waals surface area contributed by atoms with Crippen molar-refractivity contribution < 1.29 is 14.2 Å². The normalized spacial score (nSPS) is 14.4. The Morgan fingerprint density at radius 1 is 1.03 bits per heavy atom. The van der Waals surface area contributed by atoms with Crippen molar-refractivity contribution in [2.45, 2.75) is 32.6 Å². The average molecular weight is 424 g/mol. The lowest BCUT2D eigenvalue weighted by Crippen LogP contribution is -2.29. The molecule has 0 atom stereocenters. The van der Waals surface area contributed by atoms with Crippen LogP contribution in [0.25, 0.3) is 17.2 Å². The fourth-order valence-electron chi connectivity index (χ4n) is 3.97. The van der Waals surface area contributed by atoms with Gasteiger partial charge in [-0.3, -0.25) is 0 Å². The maximum atomic E-state index is 5.79. The van der Waals surface area contributed by atoms with E-state index in [-0.39, 0.29) is 0 Å². The maximum absolute atomic E-state index is 5.79. The van der Waals surface area contributed by atoms with Crippen LogP contribution in [-0.4, -0.2) is 46.6 Å². The lowest BCUT2D eigenvalue weighted by atomic mass is 9.98. The highest BCUT2D eigenvalue weighted by Gasteiger charge is 2.17. The van der Waals surface area contributed by atoms with E-state index in [1.807, 2.05) is 18.2 Å². The second kappa shape index (κ2) is 12.5. The van der Waals surface area contributed by atoms with E-state index >= 15 is 0 Å². The molecule has 1 aliphatic heterocycles. The monoisotopic (exact) mass is 423 g/mol. The van der Waals surface area contributed by atoms with Crippen molar-refractivity contribution in [2.75, 3.05) is 51.5 Å². The minimum absolute atomic E-state index is 0.581. The predicted octanol–water partition coefficient (Wildman–Crippen LogP) is 6.05. The zero-order valence-electron chi connectivity index (χ0n) is 19.1. The van der Waals surface area contributed by atoms with Gasteiger partial charge in [0.25, 0.3) is 0 Å². The van der Waals surface area contributed by atoms with Crippen LogP contribution in [0.3, 0.4) is 0 Å². The predicted molar refractivity (Wildman–Crippen MR) is 130 cm³/mol. The Labute approximate surface area is 187 Å². The smallest absolute Gasteiger partial charge is 0.119 e. The summed E-state index contributed by atoms with van der Waals surface area (Å²) >= 11 is 0. The third-order valence-electron chi connectivity index (χ3n) is 5.86. The molecule has 2 aromatic carbocycles. The first-order valence-electron chi connectivity index (χ1n) is 11.6. The number of anilines is 1. The van der Waals surface area contributed by atoms with Gasteiger partial charge in [-0.15, -0.1) is 0 Å². The van der Waals surface area contributed by atoms with Crippen LogP contribution in [0, 0.1) is 5.92 Å². The summed E-state index contributed by atoms with van der Waals surface area (Å²) in [4.78, 5) is 2.36. The summed E-state index contributed by atoms with van der Waals surface area (Å²) in [5, 5.41) is 0. The minimum Gasteiger partial charge on any atom is -0.491 e. The summed E-state index contributed by atoms with van der Waals surface area (Å²) in [6.07, 6.45) is 6.50. The second-order valence-corrected chi connectivity index (χ2v) is 8.25. The van der Waals surface area contributed by atoms with E-state index in [2.05, 4.69) is 55.8 Å². The number of hydrogen-bond acceptors (Lipinski definition) is 4. The molecule has 168 valence electrons. The van der Waals surface area contributed by atoms with E-state index in [9.17, 15) is 0 Å². The topological polar surface area (TPSA) is 30.9 Å². The van der Waals surface area contributed by atoms with Gasteiger partial charge in [0.1, 0.15) is 12.4 Å². The van der Waals surface area contributed by atoms with Crippen LogP contribution in [0.5, 0.6) is 5.75 Å². The standard InChI is InChI=1S/C27H37NO3/c1-4-6-15-29-18-19-31-26-10-7-24(8-11-26)25-9-12-27(23(5-2)20-25)28(3)21-22-13-16-30-17-14-22/h5,7-12,20,22H,2,4,6,13-19,21H2,1,3H3. The molecule has 0 aliphatic carbocycles. The largest absolute Gasteiger partial charge is 0.491 e. The Morgan fingerprint density at radius 3 is 2.48 bits per heavy atom. The van der Waals surface area contributed by atoms with Crippen molar-refractivity contribution in [1.29, 1.82) is 0 Å². The average Bonchev–Trinajstić information content (AvgIpc) is 2.82. The highest BCUT2D eigenvalue weighted by molar-refractivity contribution is 5.75. The molecule has 0 amide bonds. The molecule has 1 saturated heterocycles. The Balaban J connectivity index is 1.58. The van der Waals surface area contributed by atoms with Gasteiger partial charge in [-0.25, -0.2) is 0 Å². The highest BCUT2D eigenvalue weighted by Crippen LogP contribution is 2.30. The summed E-state index contributed by atoms with van der Waals surface area (Å²) in [5.41, 5.74) is 4.76. The molecule has 31 heavy (non-hydrogen) atoms. The molecule has 2 aromatic rings. The van der Waals surface area contributed by atoms with Gasteiger partial charge in [-0.1, -0.05) is 44.2 Å². The van der Waals surface area contributed by atoms with Crippen LogP contribution >= 0.6 is 0 Å². The van der Waals surface area contributed by atoms with Gasteiger partial charge in [-0.2, -0.15) is 0 Å². The SMILES string of the molecule is C=Cc1cc(-c2ccc(OCCOCCCC)cc2)ccc1N(C)CC1CCOCC1. The Bertz CT molecular complexity index is 797. The number of ether oxygens (including phenoxy) is 3. The number of benzene rings is 2. The first-order chi connectivity index (χ1) is 15.2. The third kappa shape index (κ3) is 7.12. The Morgan fingerprint density at radius 2 is 1.77 bits per heavy atom. The summed E-state index contributed by atoms with van der Waals surface area (Å²) < 4.78 is 16.8. The Hall–Kier alpha value is -2.30. The number of unbranched alkanes of at least 4 members (excludes halogenated alkanes) is 1. The molecular weight excluding hydrogens is 386 g/mol. The molecule has 3 rings (SSSR count). The minimum atomic E-state index is 0.581. The molecule has 1 heterocycles. The van der Waals surface area contributed by atoms with Crippen molar-refractivity contribution in [2.24, 2.45) is 5.92 Å². The summed E-state index contributed by atoms with van der Waals surface area (Å²) in [7, 11) is 2.18. The van der Waals surface area contributed by atoms with E-state index in [4.69, 9.17) is 14.2 Å². The molecule has 1 aliphatic rings. The molecule has 0 radical (unpaired) electrons. The van der Waals surface area contributed by atoms with Crippen molar-refractivity contribution >= 4 is 11.8 Å². The van der Waals surface area contributed by atoms with E-state index in [1.165, 1.54) is 16.8 Å². The van der Waals surface area contributed by atoms with Crippen molar-refractivity contribution in [3.63, 3.8) is 0 Å². The van der Waals surface area contributed by atoms with Crippen molar-refractivity contribution in [1.82, 2.24) is 0 Å². The first-order valence-corrected chi connectivity index (χ1v) is 11.6. The number of rotatable bonds is 12. The highest BCUT2D eigenvalue weighted by atomic mass is 16.5. The van der Waals surface area contributed by atoms with Crippen molar-refractivity contribution in [3.05, 3.63) is 54.6 Å². The van der Waals surface area contributed by atoms with E-state index < -0.39 is 0 Å². The zero-order valence-corrected chi connectivity index (χ0v) is 19.1. The molecule has 0 aromatic heterocycles. The summed E-state index contributed by atoms with van der Waals surface area (Å²) in [5.74, 6) is 1.57. The van der Waals surface area contributed by atoms with Gasteiger partial charge < -0.3 is 19.1 Å². The van der Waals surface area contributed by atoms with Crippen LogP contribution in [0.15, 0.2) is 49.0 Å². The van der Waals surface area contributed by atoms with Gasteiger partial charge in [0.2, 0.25) is 0 Å². The van der Waals surface area contributed by atoms with Crippen molar-refractivity contribution in [3.8, 4) is 16.9 Å². The quantitative estimate of drug-likeness (QED) is 0.389. The fraction of sp³-hybridized carbons (Fsp3) is 0.481. The van der Waals surface area contributed by atoms with E-state index in [0.717, 1.165) is 63.4 Å². The zero-order chi connectivity index (χ0) is 21.9. The maximum Gasteiger partial charge on any atom is 0.119 e. The van der Waals surface area contributed by atoms with Crippen LogP contribution in [0.2, 0.25) is 0 Å². The van der Waals surface area contributed by atoms with Crippen LogP contribution in [-0.2, 0) is 9.47 Å². The second-order valence-electron chi connectivity index (χ2n) is 8.25. The first kappa shape index (κ1) is 23.4.